The van der Waals surface area contributed by atoms with Crippen LogP contribution in [-0.4, -0.2) is 23.4 Å². The third-order valence-electron chi connectivity index (χ3n) is 2.60. The number of hydrogen-bond acceptors (Lipinski definition) is 4. The summed E-state index contributed by atoms with van der Waals surface area (Å²) in [4.78, 5) is 10.5. The molecular formula is C16H16O4S. The van der Waals surface area contributed by atoms with Crippen molar-refractivity contribution in [1.82, 2.24) is 0 Å². The van der Waals surface area contributed by atoms with Gasteiger partial charge >= 0.3 is 5.97 Å². The minimum atomic E-state index is -0.962. The molecule has 0 aliphatic carbocycles. The van der Waals surface area contributed by atoms with Crippen LogP contribution in [0.2, 0.25) is 0 Å². The van der Waals surface area contributed by atoms with Crippen molar-refractivity contribution in [3.8, 4) is 5.75 Å². The molecule has 0 bridgehead atoms. The third-order valence-corrected chi connectivity index (χ3v) is 3.54. The number of rotatable bonds is 8. The number of thioether (sulfide) groups is 1. The van der Waals surface area contributed by atoms with Gasteiger partial charge in [0.05, 0.1) is 18.6 Å². The molecule has 1 N–H and O–H groups in total. The lowest BCUT2D eigenvalue weighted by Gasteiger charge is -2.06. The summed E-state index contributed by atoms with van der Waals surface area (Å²) >= 11 is 1.74. The normalized spacial score (nSPS) is 10.9. The number of furan rings is 1. The van der Waals surface area contributed by atoms with Crippen molar-refractivity contribution in [1.29, 1.82) is 0 Å². The van der Waals surface area contributed by atoms with E-state index < -0.39 is 5.97 Å². The third kappa shape index (κ3) is 5.79. The first-order chi connectivity index (χ1) is 10.2. The highest BCUT2D eigenvalue weighted by Crippen LogP contribution is 2.16. The maximum atomic E-state index is 10.5. The van der Waals surface area contributed by atoms with E-state index in [4.69, 9.17) is 14.3 Å². The number of benzene rings is 1. The van der Waals surface area contributed by atoms with Gasteiger partial charge in [0.15, 0.2) is 0 Å². The first-order valence-corrected chi connectivity index (χ1v) is 7.63. The Morgan fingerprint density at radius 3 is 3.00 bits per heavy atom. The molecule has 1 heterocycles. The van der Waals surface area contributed by atoms with Gasteiger partial charge in [-0.25, -0.2) is 4.79 Å². The standard InChI is InChI=1S/C16H16O4S/c17-16(18)7-6-13-3-1-4-14(11-13)20-9-10-21-12-15-5-2-8-19-15/h1-8,11H,9-10,12H2,(H,17,18). The van der Waals surface area contributed by atoms with Crippen LogP contribution >= 0.6 is 11.8 Å². The van der Waals surface area contributed by atoms with Gasteiger partial charge in [0.1, 0.15) is 11.5 Å². The molecular weight excluding hydrogens is 288 g/mol. The molecule has 0 unspecified atom stereocenters. The zero-order valence-electron chi connectivity index (χ0n) is 11.4. The van der Waals surface area contributed by atoms with Crippen molar-refractivity contribution in [2.75, 3.05) is 12.4 Å². The summed E-state index contributed by atoms with van der Waals surface area (Å²) in [7, 11) is 0. The van der Waals surface area contributed by atoms with Crippen LogP contribution < -0.4 is 4.74 Å². The lowest BCUT2D eigenvalue weighted by Crippen LogP contribution is -2.00. The van der Waals surface area contributed by atoms with Crippen LogP contribution in [-0.2, 0) is 10.5 Å². The second-order valence-corrected chi connectivity index (χ2v) is 5.33. The van der Waals surface area contributed by atoms with Gasteiger partial charge in [-0.05, 0) is 35.9 Å². The molecule has 0 radical (unpaired) electrons. The van der Waals surface area contributed by atoms with Crippen molar-refractivity contribution in [3.05, 3.63) is 60.1 Å². The van der Waals surface area contributed by atoms with Gasteiger partial charge in [-0.2, -0.15) is 11.8 Å². The molecule has 21 heavy (non-hydrogen) atoms. The molecule has 1 aromatic heterocycles. The Balaban J connectivity index is 1.72. The molecule has 0 fully saturated rings. The summed E-state index contributed by atoms with van der Waals surface area (Å²) < 4.78 is 10.9. The van der Waals surface area contributed by atoms with E-state index in [1.165, 1.54) is 0 Å². The Kier molecular flexibility index (Phi) is 5.97. The number of ether oxygens (including phenoxy) is 1. The van der Waals surface area contributed by atoms with Gasteiger partial charge in [-0.3, -0.25) is 0 Å². The van der Waals surface area contributed by atoms with Crippen LogP contribution in [0.5, 0.6) is 5.75 Å². The predicted molar refractivity (Wildman–Crippen MR) is 83.5 cm³/mol. The quantitative estimate of drug-likeness (QED) is 0.595. The van der Waals surface area contributed by atoms with Crippen LogP contribution in [0.15, 0.2) is 53.2 Å². The second-order valence-electron chi connectivity index (χ2n) is 4.22. The molecule has 0 aliphatic rings. The van der Waals surface area contributed by atoms with E-state index in [-0.39, 0.29) is 0 Å². The fraction of sp³-hybridized carbons (Fsp3) is 0.188. The highest BCUT2D eigenvalue weighted by atomic mass is 32.2. The summed E-state index contributed by atoms with van der Waals surface area (Å²) in [6.45, 7) is 0.595. The fourth-order valence-electron chi connectivity index (χ4n) is 1.66. The number of carboxylic acids is 1. The topological polar surface area (TPSA) is 59.7 Å². The first-order valence-electron chi connectivity index (χ1n) is 6.48. The largest absolute Gasteiger partial charge is 0.493 e. The van der Waals surface area contributed by atoms with E-state index in [9.17, 15) is 4.79 Å². The average Bonchev–Trinajstić information content (AvgIpc) is 2.98. The van der Waals surface area contributed by atoms with E-state index in [1.54, 1.807) is 24.1 Å². The molecule has 4 nitrogen and oxygen atoms in total. The van der Waals surface area contributed by atoms with Gasteiger partial charge in [0.25, 0.3) is 0 Å². The Bertz CT molecular complexity index is 590. The SMILES string of the molecule is O=C(O)C=Cc1cccc(OCCSCc2ccco2)c1. The molecule has 110 valence electrons. The summed E-state index contributed by atoms with van der Waals surface area (Å²) in [6, 6.07) is 11.2. The Morgan fingerprint density at radius 2 is 2.24 bits per heavy atom. The molecule has 5 heteroatoms. The molecule has 0 saturated heterocycles. The second kappa shape index (κ2) is 8.21. The zero-order valence-corrected chi connectivity index (χ0v) is 12.2. The van der Waals surface area contributed by atoms with E-state index >= 15 is 0 Å². The van der Waals surface area contributed by atoms with Crippen molar-refractivity contribution >= 4 is 23.8 Å². The first kappa shape index (κ1) is 15.3. The molecule has 2 aromatic rings. The molecule has 0 atom stereocenters. The van der Waals surface area contributed by atoms with Crippen LogP contribution in [0.3, 0.4) is 0 Å². The lowest BCUT2D eigenvalue weighted by atomic mass is 10.2. The Morgan fingerprint density at radius 1 is 1.33 bits per heavy atom. The molecule has 2 rings (SSSR count). The predicted octanol–water partition coefficient (Wildman–Crippen LogP) is 3.69. The van der Waals surface area contributed by atoms with E-state index in [1.807, 2.05) is 36.4 Å². The maximum Gasteiger partial charge on any atom is 0.328 e. The monoisotopic (exact) mass is 304 g/mol. The number of carbonyl (C=O) groups is 1. The van der Waals surface area contributed by atoms with E-state index in [0.717, 1.165) is 34.7 Å². The van der Waals surface area contributed by atoms with Crippen LogP contribution in [0.4, 0.5) is 0 Å². The van der Waals surface area contributed by atoms with Gasteiger partial charge < -0.3 is 14.3 Å². The molecule has 1 aromatic carbocycles. The van der Waals surface area contributed by atoms with E-state index in [2.05, 4.69) is 0 Å². The van der Waals surface area contributed by atoms with Gasteiger partial charge in [0, 0.05) is 11.8 Å². The number of aliphatic carboxylic acids is 1. The van der Waals surface area contributed by atoms with Crippen molar-refractivity contribution in [2.24, 2.45) is 0 Å². The molecule has 0 saturated carbocycles. The number of hydrogen-bond donors (Lipinski definition) is 1. The van der Waals surface area contributed by atoms with Crippen molar-refractivity contribution in [2.45, 2.75) is 5.75 Å². The minimum Gasteiger partial charge on any atom is -0.493 e. The zero-order chi connectivity index (χ0) is 14.9. The van der Waals surface area contributed by atoms with Gasteiger partial charge in [-0.15, -0.1) is 0 Å². The summed E-state index contributed by atoms with van der Waals surface area (Å²) in [5.41, 5.74) is 0.804. The Hall–Kier alpha value is -2.14. The number of carboxylic acid groups (broad SMARTS) is 1. The van der Waals surface area contributed by atoms with E-state index in [0.29, 0.717) is 6.61 Å². The summed E-state index contributed by atoms with van der Waals surface area (Å²) in [6.07, 6.45) is 4.32. The molecule has 0 spiro atoms. The van der Waals surface area contributed by atoms with Gasteiger partial charge in [0.2, 0.25) is 0 Å². The summed E-state index contributed by atoms with van der Waals surface area (Å²) in [5, 5.41) is 8.59. The fourth-order valence-corrected chi connectivity index (χ4v) is 2.37. The average molecular weight is 304 g/mol. The highest BCUT2D eigenvalue weighted by molar-refractivity contribution is 7.98. The van der Waals surface area contributed by atoms with Crippen LogP contribution in [0.25, 0.3) is 6.08 Å². The smallest absolute Gasteiger partial charge is 0.328 e. The van der Waals surface area contributed by atoms with Crippen LogP contribution in [0.1, 0.15) is 11.3 Å². The Labute approximate surface area is 127 Å². The highest BCUT2D eigenvalue weighted by Gasteiger charge is 1.98. The minimum absolute atomic E-state index is 0.595. The lowest BCUT2D eigenvalue weighted by molar-refractivity contribution is -0.131. The van der Waals surface area contributed by atoms with Crippen molar-refractivity contribution in [3.63, 3.8) is 0 Å². The van der Waals surface area contributed by atoms with Crippen LogP contribution in [0, 0.1) is 0 Å². The summed E-state index contributed by atoms with van der Waals surface area (Å²) in [5.74, 6) is 2.42. The molecule has 0 amide bonds. The maximum absolute atomic E-state index is 10.5. The van der Waals surface area contributed by atoms with Gasteiger partial charge in [-0.1, -0.05) is 12.1 Å². The molecule has 0 aliphatic heterocycles. The van der Waals surface area contributed by atoms with Crippen molar-refractivity contribution < 1.29 is 19.1 Å².